The van der Waals surface area contributed by atoms with Crippen molar-refractivity contribution in [3.63, 3.8) is 0 Å². The number of anilines is 1. The number of fused-ring (bicyclic) bond motifs is 1. The molecule has 0 radical (unpaired) electrons. The summed E-state index contributed by atoms with van der Waals surface area (Å²) in [6, 6.07) is -1.00. The predicted molar refractivity (Wildman–Crippen MR) is 197 cm³/mol. The Labute approximate surface area is 314 Å². The number of ether oxygens (including phenoxy) is 4. The van der Waals surface area contributed by atoms with E-state index in [2.05, 4.69) is 36.9 Å². The van der Waals surface area contributed by atoms with Gasteiger partial charge < -0.3 is 51.3 Å². The second-order valence-electron chi connectivity index (χ2n) is 13.6. The lowest BCUT2D eigenvalue weighted by molar-refractivity contribution is -0.122. The van der Waals surface area contributed by atoms with Crippen molar-refractivity contribution < 1.29 is 42.9 Å². The Kier molecular flexibility index (Phi) is 17.4. The average Bonchev–Trinajstić information content (AvgIpc) is 3.88. The Bertz CT molecular complexity index is 1370. The van der Waals surface area contributed by atoms with Gasteiger partial charge in [0.05, 0.1) is 64.2 Å². The number of nitrogens with one attached hydrogen (secondary N) is 6. The molecule has 8 N–H and O–H groups in total. The van der Waals surface area contributed by atoms with Crippen molar-refractivity contribution in [1.82, 2.24) is 36.1 Å². The fourth-order valence-corrected chi connectivity index (χ4v) is 8.15. The lowest BCUT2D eigenvalue weighted by Gasteiger charge is -2.20. The third-order valence-electron chi connectivity index (χ3n) is 9.26. The Morgan fingerprint density at radius 3 is 2.38 bits per heavy atom. The summed E-state index contributed by atoms with van der Waals surface area (Å²) >= 11 is 1.88. The summed E-state index contributed by atoms with van der Waals surface area (Å²) in [5.74, 6) is 0.414. The minimum Gasteiger partial charge on any atom is -0.377 e. The number of hydrogen-bond acceptors (Lipinski definition) is 11. The molecule has 19 heteroatoms. The van der Waals surface area contributed by atoms with Crippen LogP contribution < -0.4 is 37.6 Å². The zero-order valence-corrected chi connectivity index (χ0v) is 31.8. The molecule has 18 nitrogen and oxygen atoms in total. The number of thioether (sulfide) groups is 1. The van der Waals surface area contributed by atoms with Crippen molar-refractivity contribution in [3.8, 4) is 0 Å². The maximum Gasteiger partial charge on any atom is 0.317 e. The minimum atomic E-state index is -0.834. The first-order valence-corrected chi connectivity index (χ1v) is 19.6. The number of nitrogens with two attached hydrogens (primary N) is 1. The number of nitrogens with zero attached hydrogens (tertiary/aromatic N) is 2. The second-order valence-corrected chi connectivity index (χ2v) is 14.9. The van der Waals surface area contributed by atoms with Gasteiger partial charge in [0.25, 0.3) is 5.91 Å². The van der Waals surface area contributed by atoms with Crippen LogP contribution in [-0.2, 0) is 28.5 Å². The van der Waals surface area contributed by atoms with E-state index in [-0.39, 0.29) is 59.9 Å². The number of hydrogen-bond donors (Lipinski definition) is 7. The third kappa shape index (κ3) is 13.6. The molecule has 4 rings (SSSR count). The monoisotopic (exact) mass is 767 g/mol. The molecule has 0 saturated carbocycles. The van der Waals surface area contributed by atoms with Gasteiger partial charge in [-0.3, -0.25) is 24.3 Å². The number of urea groups is 2. The van der Waals surface area contributed by atoms with Gasteiger partial charge in [0.1, 0.15) is 12.0 Å². The fraction of sp³-hybridized carbons (Fsp3) is 0.765. The summed E-state index contributed by atoms with van der Waals surface area (Å²) in [6.07, 6.45) is 6.05. The standard InChI is InChI=1S/C34H57N9O9S/c1-4-23-17-21(2)32(52-23)43-20-38-29(30(43)42-33(35)47)31(46)39-22(3)18-27(45)37-10-12-50-14-16-51-15-13-49-11-9-36-26(44)8-6-5-7-25-28-24(19-53-25)40-34(48)41-28/h20-25,28,32H,4-19H2,1-3H3,(H,36,44)(H,37,45)(H,39,46)(H3,35,42,47)(H2,40,41,48)/t21-,22?,23+,24?,25?,28?,32+/m0/s1. The fourth-order valence-electron chi connectivity index (χ4n) is 6.60. The van der Waals surface area contributed by atoms with Crippen LogP contribution in [0.5, 0.6) is 0 Å². The number of primary amides is 1. The summed E-state index contributed by atoms with van der Waals surface area (Å²) < 4.78 is 24.2. The quantitative estimate of drug-likeness (QED) is 0.0583. The number of amides is 7. The van der Waals surface area contributed by atoms with E-state index in [0.717, 1.165) is 37.9 Å². The van der Waals surface area contributed by atoms with Gasteiger partial charge >= 0.3 is 12.1 Å². The highest BCUT2D eigenvalue weighted by atomic mass is 32.2. The molecule has 7 atom stereocenters. The van der Waals surface area contributed by atoms with E-state index in [4.69, 9.17) is 24.7 Å². The lowest BCUT2D eigenvalue weighted by Crippen LogP contribution is -2.38. The van der Waals surface area contributed by atoms with Crippen LogP contribution in [0.25, 0.3) is 0 Å². The normalized spacial score (nSPS) is 23.9. The molecule has 1 aromatic rings. The number of aromatic nitrogens is 2. The first-order chi connectivity index (χ1) is 25.5. The molecule has 3 aliphatic heterocycles. The predicted octanol–water partition coefficient (Wildman–Crippen LogP) is 1.22. The highest BCUT2D eigenvalue weighted by Gasteiger charge is 2.42. The lowest BCUT2D eigenvalue weighted by atomic mass is 10.0. The van der Waals surface area contributed by atoms with Gasteiger partial charge in [-0.05, 0) is 32.6 Å². The Balaban J connectivity index is 0.955. The van der Waals surface area contributed by atoms with Crippen molar-refractivity contribution in [2.24, 2.45) is 11.7 Å². The van der Waals surface area contributed by atoms with Gasteiger partial charge in [-0.25, -0.2) is 14.6 Å². The Hall–Kier alpha value is -3.65. The van der Waals surface area contributed by atoms with Crippen LogP contribution in [0, 0.1) is 5.92 Å². The van der Waals surface area contributed by atoms with Crippen LogP contribution in [0.4, 0.5) is 15.4 Å². The van der Waals surface area contributed by atoms with E-state index < -0.39 is 24.2 Å². The van der Waals surface area contributed by atoms with Crippen LogP contribution in [0.1, 0.15) is 82.4 Å². The Morgan fingerprint density at radius 2 is 1.72 bits per heavy atom. The summed E-state index contributed by atoms with van der Waals surface area (Å²) in [7, 11) is 0. The van der Waals surface area contributed by atoms with E-state index in [9.17, 15) is 24.0 Å². The molecule has 298 valence electrons. The zero-order chi connectivity index (χ0) is 38.2. The van der Waals surface area contributed by atoms with Crippen LogP contribution >= 0.6 is 11.8 Å². The van der Waals surface area contributed by atoms with Gasteiger partial charge in [0.2, 0.25) is 11.8 Å². The molecule has 0 bridgehead atoms. The first-order valence-electron chi connectivity index (χ1n) is 18.6. The van der Waals surface area contributed by atoms with Gasteiger partial charge in [0.15, 0.2) is 5.69 Å². The molecule has 3 fully saturated rings. The number of carbonyl (C=O) groups excluding carboxylic acids is 5. The number of unbranched alkanes of at least 4 members (excludes halogenated alkanes) is 1. The van der Waals surface area contributed by atoms with Crippen LogP contribution in [0.15, 0.2) is 6.33 Å². The van der Waals surface area contributed by atoms with E-state index in [0.29, 0.717) is 64.4 Å². The van der Waals surface area contributed by atoms with Crippen molar-refractivity contribution in [2.45, 2.75) is 101 Å². The van der Waals surface area contributed by atoms with Crippen molar-refractivity contribution in [2.75, 3.05) is 63.8 Å². The minimum absolute atomic E-state index is 0.0102. The third-order valence-corrected chi connectivity index (χ3v) is 10.8. The first kappa shape index (κ1) is 42.1. The van der Waals surface area contributed by atoms with Crippen LogP contribution in [0.3, 0.4) is 0 Å². The highest BCUT2D eigenvalue weighted by Crippen LogP contribution is 2.38. The van der Waals surface area contributed by atoms with Crippen molar-refractivity contribution in [3.05, 3.63) is 12.0 Å². The zero-order valence-electron chi connectivity index (χ0n) is 31.0. The summed E-state index contributed by atoms with van der Waals surface area (Å²) in [4.78, 5) is 65.0. The molecule has 0 aromatic carbocycles. The molecular weight excluding hydrogens is 710 g/mol. The van der Waals surface area contributed by atoms with Crippen LogP contribution in [0.2, 0.25) is 0 Å². The van der Waals surface area contributed by atoms with Crippen molar-refractivity contribution in [1.29, 1.82) is 0 Å². The molecule has 7 amide bonds. The van der Waals surface area contributed by atoms with Gasteiger partial charge in [-0.2, -0.15) is 11.8 Å². The van der Waals surface area contributed by atoms with E-state index >= 15 is 0 Å². The molecular formula is C34H57N9O9S. The number of rotatable bonds is 24. The van der Waals surface area contributed by atoms with Gasteiger partial charge in [-0.1, -0.05) is 20.3 Å². The molecule has 3 aliphatic rings. The molecule has 3 saturated heterocycles. The molecule has 53 heavy (non-hydrogen) atoms. The topological polar surface area (TPSA) is 238 Å². The maximum absolute atomic E-state index is 13.1. The molecule has 0 spiro atoms. The summed E-state index contributed by atoms with van der Waals surface area (Å²) in [5.41, 5.74) is 5.36. The number of carbonyl (C=O) groups is 5. The largest absolute Gasteiger partial charge is 0.377 e. The number of imidazole rings is 1. The SMILES string of the molecule is CC[C@@H]1C[C@H](C)[C@H](n2cnc(C(=O)NC(C)CC(=O)NCCOCCOCCOCCNC(=O)CCCCC3SCC4NC(=O)NC43)c2NC(N)=O)O1. The van der Waals surface area contributed by atoms with Crippen LogP contribution in [-0.4, -0.2) is 127 Å². The van der Waals surface area contributed by atoms with Gasteiger partial charge in [-0.15, -0.1) is 0 Å². The smallest absolute Gasteiger partial charge is 0.317 e. The summed E-state index contributed by atoms with van der Waals surface area (Å²) in [6.45, 7) is 8.70. The Morgan fingerprint density at radius 1 is 1.04 bits per heavy atom. The second kappa shape index (κ2) is 21.9. The van der Waals surface area contributed by atoms with Gasteiger partial charge in [0, 0.05) is 48.9 Å². The average molecular weight is 768 g/mol. The molecule has 0 aliphatic carbocycles. The maximum atomic E-state index is 13.1. The molecule has 1 aromatic heterocycles. The highest BCUT2D eigenvalue weighted by molar-refractivity contribution is 8.00. The summed E-state index contributed by atoms with van der Waals surface area (Å²) in [5, 5.41) is 17.2. The molecule has 4 heterocycles. The van der Waals surface area contributed by atoms with E-state index in [1.54, 1.807) is 11.5 Å². The van der Waals surface area contributed by atoms with E-state index in [1.165, 1.54) is 6.33 Å². The molecule has 4 unspecified atom stereocenters. The van der Waals surface area contributed by atoms with Crippen molar-refractivity contribution >= 4 is 47.4 Å². The van der Waals surface area contributed by atoms with E-state index in [1.807, 2.05) is 25.6 Å².